The molecule has 1 aliphatic rings. The minimum absolute atomic E-state index is 0.0290. The van der Waals surface area contributed by atoms with E-state index in [1.807, 2.05) is 40.7 Å². The largest absolute Gasteiger partial charge is 0.507 e. The first kappa shape index (κ1) is 20.8. The normalized spacial score (nSPS) is 14.0. The predicted octanol–water partition coefficient (Wildman–Crippen LogP) is 3.56. The Hall–Kier alpha value is -2.50. The number of allylic oxidation sites excluding steroid dienone is 2. The molecule has 0 unspecified atom stereocenters. The van der Waals surface area contributed by atoms with Gasteiger partial charge in [0.25, 0.3) is 5.91 Å². The number of nitrogens with one attached hydrogen (secondary N) is 1. The van der Waals surface area contributed by atoms with E-state index in [1.54, 1.807) is 7.11 Å². The first-order valence-electron chi connectivity index (χ1n) is 9.12. The number of benzene rings is 1. The van der Waals surface area contributed by atoms with Crippen LogP contribution in [0, 0.1) is 6.92 Å². The lowest BCUT2D eigenvalue weighted by Gasteiger charge is -2.19. The Morgan fingerprint density at radius 2 is 1.96 bits per heavy atom. The Kier molecular flexibility index (Phi) is 6.19. The summed E-state index contributed by atoms with van der Waals surface area (Å²) < 4.78 is 10.8. The van der Waals surface area contributed by atoms with Crippen LogP contribution < -0.4 is 10.1 Å². The monoisotopic (exact) mass is 375 g/mol. The van der Waals surface area contributed by atoms with Crippen LogP contribution in [0.15, 0.2) is 11.6 Å². The molecular formula is C21H29NO5. The van der Waals surface area contributed by atoms with Crippen LogP contribution in [0.2, 0.25) is 0 Å². The third-order valence-corrected chi connectivity index (χ3v) is 4.55. The SMILES string of the molecule is COc1c(C)c2c(c(O)c1C/C=C(\C)CCC(=O)OC(C)(C)C)C(=O)NC2. The average molecular weight is 375 g/mol. The Morgan fingerprint density at radius 1 is 1.30 bits per heavy atom. The van der Waals surface area contributed by atoms with Gasteiger partial charge in [0, 0.05) is 18.5 Å². The van der Waals surface area contributed by atoms with E-state index in [1.165, 1.54) is 0 Å². The average Bonchev–Trinajstić information content (AvgIpc) is 2.95. The Bertz CT molecular complexity index is 787. The lowest BCUT2D eigenvalue weighted by atomic mass is 9.94. The summed E-state index contributed by atoms with van der Waals surface area (Å²) in [6, 6.07) is 0. The van der Waals surface area contributed by atoms with Crippen molar-refractivity contribution < 1.29 is 24.2 Å². The van der Waals surface area contributed by atoms with Crippen LogP contribution in [-0.2, 0) is 22.5 Å². The lowest BCUT2D eigenvalue weighted by molar-refractivity contribution is -0.154. The summed E-state index contributed by atoms with van der Waals surface area (Å²) in [4.78, 5) is 23.9. The van der Waals surface area contributed by atoms with Crippen molar-refractivity contribution in [3.63, 3.8) is 0 Å². The number of fused-ring (bicyclic) bond motifs is 1. The molecule has 1 aliphatic heterocycles. The summed E-state index contributed by atoms with van der Waals surface area (Å²) in [6.07, 6.45) is 3.23. The van der Waals surface area contributed by atoms with Crippen LogP contribution in [0.1, 0.15) is 67.6 Å². The molecule has 2 N–H and O–H groups in total. The van der Waals surface area contributed by atoms with E-state index in [9.17, 15) is 14.7 Å². The minimum Gasteiger partial charge on any atom is -0.507 e. The molecule has 6 nitrogen and oxygen atoms in total. The van der Waals surface area contributed by atoms with Crippen LogP contribution in [0.3, 0.4) is 0 Å². The van der Waals surface area contributed by atoms with Crippen molar-refractivity contribution in [1.82, 2.24) is 5.32 Å². The van der Waals surface area contributed by atoms with Crippen molar-refractivity contribution in [3.8, 4) is 11.5 Å². The van der Waals surface area contributed by atoms with E-state index in [0.717, 1.165) is 16.7 Å². The smallest absolute Gasteiger partial charge is 0.306 e. The van der Waals surface area contributed by atoms with Gasteiger partial charge in [-0.2, -0.15) is 0 Å². The number of carbonyl (C=O) groups excluding carboxylic acids is 2. The van der Waals surface area contributed by atoms with Gasteiger partial charge in [-0.3, -0.25) is 9.59 Å². The topological polar surface area (TPSA) is 84.9 Å². The molecule has 2 rings (SSSR count). The van der Waals surface area contributed by atoms with E-state index >= 15 is 0 Å². The standard InChI is InChI=1S/C21H29NO5/c1-12(8-10-16(23)27-21(3,4)5)7-9-14-18(24)17-15(11-22-20(17)25)13(2)19(14)26-6/h7,24H,8-11H2,1-6H3,(H,22,25)/b12-7+. The molecule has 148 valence electrons. The van der Waals surface area contributed by atoms with Crippen molar-refractivity contribution in [2.24, 2.45) is 0 Å². The Balaban J connectivity index is 2.16. The molecule has 27 heavy (non-hydrogen) atoms. The number of ether oxygens (including phenoxy) is 2. The molecule has 0 radical (unpaired) electrons. The van der Waals surface area contributed by atoms with Crippen LogP contribution in [0.4, 0.5) is 0 Å². The van der Waals surface area contributed by atoms with Gasteiger partial charge in [-0.15, -0.1) is 0 Å². The van der Waals surface area contributed by atoms with E-state index < -0.39 is 5.60 Å². The summed E-state index contributed by atoms with van der Waals surface area (Å²) in [5.41, 5.74) is 3.08. The third kappa shape index (κ3) is 4.81. The van der Waals surface area contributed by atoms with E-state index in [-0.39, 0.29) is 17.6 Å². The summed E-state index contributed by atoms with van der Waals surface area (Å²) in [7, 11) is 1.56. The lowest BCUT2D eigenvalue weighted by Crippen LogP contribution is -2.23. The Labute approximate surface area is 160 Å². The molecule has 0 saturated carbocycles. The fourth-order valence-corrected chi connectivity index (χ4v) is 3.21. The molecule has 6 heteroatoms. The van der Waals surface area contributed by atoms with Crippen molar-refractivity contribution in [3.05, 3.63) is 33.9 Å². The van der Waals surface area contributed by atoms with Crippen molar-refractivity contribution in [1.29, 1.82) is 0 Å². The second-order valence-electron chi connectivity index (χ2n) is 7.86. The number of amides is 1. The first-order chi connectivity index (χ1) is 12.5. The highest BCUT2D eigenvalue weighted by Crippen LogP contribution is 2.40. The van der Waals surface area contributed by atoms with Gasteiger partial charge >= 0.3 is 5.97 Å². The molecule has 0 fully saturated rings. The second kappa shape index (κ2) is 8.03. The maximum Gasteiger partial charge on any atom is 0.306 e. The molecular weight excluding hydrogens is 346 g/mol. The van der Waals surface area contributed by atoms with Gasteiger partial charge < -0.3 is 19.9 Å². The number of hydrogen-bond donors (Lipinski definition) is 2. The number of phenols is 1. The van der Waals surface area contributed by atoms with Gasteiger partial charge in [-0.1, -0.05) is 11.6 Å². The van der Waals surface area contributed by atoms with Gasteiger partial charge in [0.15, 0.2) is 0 Å². The van der Waals surface area contributed by atoms with Crippen LogP contribution in [0.5, 0.6) is 11.5 Å². The molecule has 1 aromatic rings. The second-order valence-corrected chi connectivity index (χ2v) is 7.86. The fraction of sp³-hybridized carbons (Fsp3) is 0.524. The fourth-order valence-electron chi connectivity index (χ4n) is 3.21. The zero-order valence-corrected chi connectivity index (χ0v) is 17.0. The Morgan fingerprint density at radius 3 is 2.56 bits per heavy atom. The van der Waals surface area contributed by atoms with Crippen molar-refractivity contribution in [2.75, 3.05) is 7.11 Å². The van der Waals surface area contributed by atoms with Crippen molar-refractivity contribution >= 4 is 11.9 Å². The highest BCUT2D eigenvalue weighted by Gasteiger charge is 2.30. The van der Waals surface area contributed by atoms with E-state index in [2.05, 4.69) is 5.32 Å². The summed E-state index contributed by atoms with van der Waals surface area (Å²) >= 11 is 0. The maximum atomic E-state index is 12.0. The molecule has 0 bridgehead atoms. The summed E-state index contributed by atoms with van der Waals surface area (Å²) in [5, 5.41) is 13.4. The zero-order chi connectivity index (χ0) is 20.4. The first-order valence-corrected chi connectivity index (χ1v) is 9.12. The number of methoxy groups -OCH3 is 1. The summed E-state index contributed by atoms with van der Waals surface area (Å²) in [5.74, 6) is 0.0680. The predicted molar refractivity (Wildman–Crippen MR) is 103 cm³/mol. The van der Waals surface area contributed by atoms with Gasteiger partial charge in [-0.25, -0.2) is 0 Å². The minimum atomic E-state index is -0.490. The number of hydrogen-bond acceptors (Lipinski definition) is 5. The van der Waals surface area contributed by atoms with Gasteiger partial charge in [0.05, 0.1) is 12.7 Å². The molecule has 0 atom stereocenters. The molecule has 0 aliphatic carbocycles. The highest BCUT2D eigenvalue weighted by molar-refractivity contribution is 6.02. The highest BCUT2D eigenvalue weighted by atomic mass is 16.6. The van der Waals surface area contributed by atoms with Crippen LogP contribution >= 0.6 is 0 Å². The third-order valence-electron chi connectivity index (χ3n) is 4.55. The number of aromatic hydroxyl groups is 1. The van der Waals surface area contributed by atoms with Crippen LogP contribution in [0.25, 0.3) is 0 Å². The molecule has 0 saturated heterocycles. The molecule has 0 aromatic heterocycles. The quantitative estimate of drug-likeness (QED) is 0.587. The van der Waals surface area contributed by atoms with Crippen molar-refractivity contribution in [2.45, 2.75) is 66.0 Å². The number of phenolic OH excluding ortho intramolecular Hbond substituents is 1. The van der Waals surface area contributed by atoms with Gasteiger partial charge in [0.2, 0.25) is 0 Å². The number of rotatable bonds is 6. The molecule has 0 spiro atoms. The van der Waals surface area contributed by atoms with E-state index in [0.29, 0.717) is 42.7 Å². The number of carbonyl (C=O) groups is 2. The molecule has 1 amide bonds. The van der Waals surface area contributed by atoms with Gasteiger partial charge in [-0.05, 0) is 58.6 Å². The number of esters is 1. The van der Waals surface area contributed by atoms with E-state index in [4.69, 9.17) is 9.47 Å². The molecule has 1 heterocycles. The zero-order valence-electron chi connectivity index (χ0n) is 17.0. The maximum absolute atomic E-state index is 12.0. The molecule has 1 aromatic carbocycles. The summed E-state index contributed by atoms with van der Waals surface area (Å²) in [6.45, 7) is 9.74. The van der Waals surface area contributed by atoms with Crippen LogP contribution in [-0.4, -0.2) is 29.7 Å². The van der Waals surface area contributed by atoms with Gasteiger partial charge in [0.1, 0.15) is 17.1 Å².